The third-order valence-corrected chi connectivity index (χ3v) is 6.56. The lowest BCUT2D eigenvalue weighted by molar-refractivity contribution is -0.115. The van der Waals surface area contributed by atoms with Crippen LogP contribution in [0.5, 0.6) is 0 Å². The number of anilines is 2. The fourth-order valence-corrected chi connectivity index (χ4v) is 5.10. The molecule has 29 heavy (non-hydrogen) atoms. The summed E-state index contributed by atoms with van der Waals surface area (Å²) >= 11 is 3.02. The Balaban J connectivity index is 1.44. The highest BCUT2D eigenvalue weighted by molar-refractivity contribution is 8.00. The summed E-state index contributed by atoms with van der Waals surface area (Å²) in [7, 11) is 0. The molecule has 0 unspecified atom stereocenters. The SMILES string of the molecule is Cc1cc(C)n2nc(SCC(=O)N3c4ccccc4Sc4ccccc43)nc2n1. The number of amides is 1. The zero-order chi connectivity index (χ0) is 20.0. The van der Waals surface area contributed by atoms with Crippen molar-refractivity contribution < 1.29 is 4.79 Å². The second kappa shape index (κ2) is 7.20. The lowest BCUT2D eigenvalue weighted by Crippen LogP contribution is -2.30. The number of hydrogen-bond acceptors (Lipinski definition) is 6. The van der Waals surface area contributed by atoms with E-state index in [-0.39, 0.29) is 11.7 Å². The molecule has 0 saturated carbocycles. The predicted molar refractivity (Wildman–Crippen MR) is 115 cm³/mol. The Morgan fingerprint density at radius 1 is 1.00 bits per heavy atom. The highest BCUT2D eigenvalue weighted by Crippen LogP contribution is 2.48. The molecule has 0 fully saturated rings. The molecule has 0 aliphatic carbocycles. The zero-order valence-corrected chi connectivity index (χ0v) is 17.5. The van der Waals surface area contributed by atoms with Crippen LogP contribution in [0.25, 0.3) is 5.78 Å². The second-order valence-corrected chi connectivity index (χ2v) is 8.73. The van der Waals surface area contributed by atoms with Crippen molar-refractivity contribution in [1.82, 2.24) is 19.6 Å². The minimum atomic E-state index is -0.00471. The number of benzene rings is 2. The van der Waals surface area contributed by atoms with E-state index in [1.165, 1.54) is 11.8 Å². The standard InChI is InChI=1S/C21H17N5OS2/c1-13-11-14(2)26-20(22-13)23-21(24-26)28-12-19(27)25-15-7-3-5-9-17(15)29-18-10-6-4-8-16(18)25/h3-11H,12H2,1-2H3. The zero-order valence-electron chi connectivity index (χ0n) is 15.9. The van der Waals surface area contributed by atoms with Crippen molar-refractivity contribution in [1.29, 1.82) is 0 Å². The van der Waals surface area contributed by atoms with Gasteiger partial charge >= 0.3 is 0 Å². The Labute approximate surface area is 176 Å². The number of hydrogen-bond donors (Lipinski definition) is 0. The number of carbonyl (C=O) groups excluding carboxylic acids is 1. The van der Waals surface area contributed by atoms with Crippen molar-refractivity contribution in [3.63, 3.8) is 0 Å². The minimum absolute atomic E-state index is 0.00471. The fourth-order valence-electron chi connectivity index (χ4n) is 3.37. The van der Waals surface area contributed by atoms with Crippen LogP contribution in [0.2, 0.25) is 0 Å². The van der Waals surface area contributed by atoms with Crippen LogP contribution in [0.4, 0.5) is 11.4 Å². The summed E-state index contributed by atoms with van der Waals surface area (Å²) in [5, 5.41) is 5.04. The average Bonchev–Trinajstić information content (AvgIpc) is 3.13. The van der Waals surface area contributed by atoms with Crippen molar-refractivity contribution in [2.45, 2.75) is 28.8 Å². The molecule has 1 aliphatic heterocycles. The third kappa shape index (κ3) is 3.28. The predicted octanol–water partition coefficient (Wildman–Crippen LogP) is 4.66. The first kappa shape index (κ1) is 18.2. The molecule has 0 bridgehead atoms. The number of aryl methyl sites for hydroxylation is 2. The van der Waals surface area contributed by atoms with Gasteiger partial charge in [-0.2, -0.15) is 4.98 Å². The van der Waals surface area contributed by atoms with E-state index in [9.17, 15) is 4.79 Å². The van der Waals surface area contributed by atoms with Gasteiger partial charge < -0.3 is 0 Å². The summed E-state index contributed by atoms with van der Waals surface area (Å²) in [5.41, 5.74) is 3.69. The Bertz CT molecular complexity index is 1210. The van der Waals surface area contributed by atoms with Gasteiger partial charge in [-0.05, 0) is 44.2 Å². The summed E-state index contributed by atoms with van der Waals surface area (Å²) in [6.07, 6.45) is 0. The van der Waals surface area contributed by atoms with Crippen LogP contribution >= 0.6 is 23.5 Å². The number of aromatic nitrogens is 4. The van der Waals surface area contributed by atoms with Crippen LogP contribution in [0.15, 0.2) is 69.5 Å². The number of rotatable bonds is 3. The number of thioether (sulfide) groups is 1. The van der Waals surface area contributed by atoms with Crippen molar-refractivity contribution in [3.05, 3.63) is 66.0 Å². The Kier molecular flexibility index (Phi) is 4.52. The van der Waals surface area contributed by atoms with Crippen LogP contribution < -0.4 is 4.90 Å². The monoisotopic (exact) mass is 419 g/mol. The van der Waals surface area contributed by atoms with Crippen LogP contribution in [0, 0.1) is 13.8 Å². The Hall–Kier alpha value is -2.84. The highest BCUT2D eigenvalue weighted by atomic mass is 32.2. The van der Waals surface area contributed by atoms with Crippen molar-refractivity contribution >= 4 is 46.6 Å². The molecule has 2 aromatic heterocycles. The molecule has 1 aliphatic rings. The number of para-hydroxylation sites is 2. The van der Waals surface area contributed by atoms with E-state index >= 15 is 0 Å². The lowest BCUT2D eigenvalue weighted by Gasteiger charge is -2.30. The van der Waals surface area contributed by atoms with Gasteiger partial charge in [-0.3, -0.25) is 9.69 Å². The molecule has 0 atom stereocenters. The van der Waals surface area contributed by atoms with E-state index in [1.807, 2.05) is 68.4 Å². The van der Waals surface area contributed by atoms with E-state index < -0.39 is 0 Å². The maximum Gasteiger partial charge on any atom is 0.253 e. The summed E-state index contributed by atoms with van der Waals surface area (Å²) in [6.45, 7) is 3.90. The van der Waals surface area contributed by atoms with E-state index in [0.717, 1.165) is 32.6 Å². The molecule has 3 heterocycles. The summed E-state index contributed by atoms with van der Waals surface area (Å²) in [5.74, 6) is 0.792. The van der Waals surface area contributed by atoms with Gasteiger partial charge in [-0.15, -0.1) is 5.10 Å². The van der Waals surface area contributed by atoms with Crippen LogP contribution in [0.1, 0.15) is 11.4 Å². The molecule has 8 heteroatoms. The second-order valence-electron chi connectivity index (χ2n) is 6.70. The number of fused-ring (bicyclic) bond motifs is 3. The van der Waals surface area contributed by atoms with Crippen molar-refractivity contribution in [2.75, 3.05) is 10.7 Å². The van der Waals surface area contributed by atoms with Gasteiger partial charge in [0.2, 0.25) is 11.1 Å². The molecule has 5 rings (SSSR count). The Morgan fingerprint density at radius 3 is 2.34 bits per heavy atom. The van der Waals surface area contributed by atoms with E-state index in [4.69, 9.17) is 0 Å². The Morgan fingerprint density at radius 2 is 1.66 bits per heavy atom. The maximum atomic E-state index is 13.3. The minimum Gasteiger partial charge on any atom is -0.278 e. The van der Waals surface area contributed by atoms with Gasteiger partial charge in [0.1, 0.15) is 0 Å². The summed E-state index contributed by atoms with van der Waals surface area (Å²) in [6, 6.07) is 17.9. The van der Waals surface area contributed by atoms with Gasteiger partial charge in [-0.25, -0.2) is 9.50 Å². The van der Waals surface area contributed by atoms with Crippen molar-refractivity contribution in [3.8, 4) is 0 Å². The van der Waals surface area contributed by atoms with Gasteiger partial charge in [0.15, 0.2) is 0 Å². The number of nitrogens with zero attached hydrogens (tertiary/aromatic N) is 5. The fraction of sp³-hybridized carbons (Fsp3) is 0.143. The molecule has 0 N–H and O–H groups in total. The van der Waals surface area contributed by atoms with Crippen molar-refractivity contribution in [2.24, 2.45) is 0 Å². The highest BCUT2D eigenvalue weighted by Gasteiger charge is 2.28. The topological polar surface area (TPSA) is 63.4 Å². The quantitative estimate of drug-likeness (QED) is 0.450. The number of carbonyl (C=O) groups is 1. The smallest absolute Gasteiger partial charge is 0.253 e. The van der Waals surface area contributed by atoms with E-state index in [1.54, 1.807) is 21.2 Å². The van der Waals surface area contributed by atoms with Crippen LogP contribution in [0.3, 0.4) is 0 Å². The van der Waals surface area contributed by atoms with E-state index in [0.29, 0.717) is 10.9 Å². The summed E-state index contributed by atoms with van der Waals surface area (Å²) < 4.78 is 1.71. The van der Waals surface area contributed by atoms with Crippen LogP contribution in [-0.2, 0) is 4.79 Å². The molecule has 6 nitrogen and oxygen atoms in total. The van der Waals surface area contributed by atoms with E-state index in [2.05, 4.69) is 15.1 Å². The van der Waals surface area contributed by atoms with Gasteiger partial charge in [0, 0.05) is 21.2 Å². The maximum absolute atomic E-state index is 13.3. The molecule has 144 valence electrons. The molecule has 0 radical (unpaired) electrons. The lowest BCUT2D eigenvalue weighted by atomic mass is 10.2. The largest absolute Gasteiger partial charge is 0.278 e. The summed E-state index contributed by atoms with van der Waals surface area (Å²) in [4.78, 5) is 26.1. The molecule has 4 aromatic rings. The molecular weight excluding hydrogens is 402 g/mol. The molecule has 1 amide bonds. The average molecular weight is 420 g/mol. The first-order chi connectivity index (χ1) is 14.1. The molecule has 0 spiro atoms. The first-order valence-corrected chi connectivity index (χ1v) is 10.9. The molecule has 2 aromatic carbocycles. The normalized spacial score (nSPS) is 12.7. The first-order valence-electron chi connectivity index (χ1n) is 9.13. The van der Waals surface area contributed by atoms with Gasteiger partial charge in [0.05, 0.1) is 17.1 Å². The van der Waals surface area contributed by atoms with Crippen LogP contribution in [-0.4, -0.2) is 31.2 Å². The van der Waals surface area contributed by atoms with Gasteiger partial charge in [0.25, 0.3) is 5.78 Å². The van der Waals surface area contributed by atoms with Gasteiger partial charge in [-0.1, -0.05) is 47.8 Å². The molecule has 0 saturated heterocycles. The molecular formula is C21H17N5OS2. The third-order valence-electron chi connectivity index (χ3n) is 4.61.